The van der Waals surface area contributed by atoms with Crippen molar-refractivity contribution in [3.05, 3.63) is 35.4 Å². The van der Waals surface area contributed by atoms with E-state index >= 15 is 0 Å². The molecular weight excluding hydrogens is 316 g/mol. The second kappa shape index (κ2) is 8.79. The zero-order valence-corrected chi connectivity index (χ0v) is 15.4. The first kappa shape index (κ1) is 18.4. The summed E-state index contributed by atoms with van der Waals surface area (Å²) in [4.78, 5) is 14.6. The zero-order valence-electron chi connectivity index (χ0n) is 15.4. The summed E-state index contributed by atoms with van der Waals surface area (Å²) in [6.07, 6.45) is 2.26. The van der Waals surface area contributed by atoms with Crippen molar-refractivity contribution in [2.45, 2.75) is 52.0 Å². The molecule has 5 nitrogen and oxygen atoms in total. The van der Waals surface area contributed by atoms with E-state index in [4.69, 9.17) is 9.47 Å². The van der Waals surface area contributed by atoms with Gasteiger partial charge in [0.25, 0.3) is 0 Å². The summed E-state index contributed by atoms with van der Waals surface area (Å²) >= 11 is 0. The number of benzene rings is 1. The van der Waals surface area contributed by atoms with Crippen LogP contribution in [0.5, 0.6) is 0 Å². The van der Waals surface area contributed by atoms with Gasteiger partial charge >= 0.3 is 0 Å². The van der Waals surface area contributed by atoms with Gasteiger partial charge in [-0.3, -0.25) is 9.69 Å². The zero-order chi connectivity index (χ0) is 17.6. The molecule has 0 unspecified atom stereocenters. The number of ether oxygens (including phenoxy) is 2. The van der Waals surface area contributed by atoms with Crippen molar-refractivity contribution < 1.29 is 14.3 Å². The fourth-order valence-electron chi connectivity index (χ4n) is 3.73. The first-order valence-electron chi connectivity index (χ1n) is 9.41. The molecule has 2 atom stereocenters. The Hall–Kier alpha value is -1.43. The van der Waals surface area contributed by atoms with Crippen LogP contribution in [0.2, 0.25) is 0 Å². The average molecular weight is 346 g/mol. The summed E-state index contributed by atoms with van der Waals surface area (Å²) in [5, 5.41) is 3.06. The van der Waals surface area contributed by atoms with Crippen LogP contribution >= 0.6 is 0 Å². The molecule has 0 radical (unpaired) electrons. The molecule has 0 aromatic heterocycles. The number of amides is 1. The molecule has 0 bridgehead atoms. The van der Waals surface area contributed by atoms with Crippen LogP contribution in [0.3, 0.4) is 0 Å². The highest BCUT2D eigenvalue weighted by atomic mass is 16.5. The van der Waals surface area contributed by atoms with E-state index in [1.807, 2.05) is 0 Å². The molecule has 1 aromatic carbocycles. The molecule has 2 heterocycles. The molecule has 5 heteroatoms. The number of carbonyl (C=O) groups is 1. The van der Waals surface area contributed by atoms with Crippen molar-refractivity contribution in [2.24, 2.45) is 5.92 Å². The van der Waals surface area contributed by atoms with Crippen molar-refractivity contribution in [3.8, 4) is 0 Å². The summed E-state index contributed by atoms with van der Waals surface area (Å²) < 4.78 is 11.1. The minimum absolute atomic E-state index is 0.110. The predicted octanol–water partition coefficient (Wildman–Crippen LogP) is 2.34. The van der Waals surface area contributed by atoms with E-state index in [0.717, 1.165) is 38.0 Å². The highest BCUT2D eigenvalue weighted by Gasteiger charge is 2.22. The first-order chi connectivity index (χ1) is 12.1. The third kappa shape index (κ3) is 5.53. The third-order valence-corrected chi connectivity index (χ3v) is 4.98. The molecule has 1 N–H and O–H groups in total. The molecule has 1 amide bonds. The number of nitrogens with one attached hydrogen (secondary N) is 1. The molecule has 138 valence electrons. The Morgan fingerprint density at radius 2 is 1.68 bits per heavy atom. The first-order valence-corrected chi connectivity index (χ1v) is 9.41. The Morgan fingerprint density at radius 3 is 2.32 bits per heavy atom. The van der Waals surface area contributed by atoms with Crippen LogP contribution in [0.4, 0.5) is 0 Å². The average Bonchev–Trinajstić information content (AvgIpc) is 2.61. The van der Waals surface area contributed by atoms with E-state index in [0.29, 0.717) is 32.0 Å². The highest BCUT2D eigenvalue weighted by Crippen LogP contribution is 2.16. The van der Waals surface area contributed by atoms with E-state index < -0.39 is 0 Å². The van der Waals surface area contributed by atoms with E-state index in [1.54, 1.807) is 0 Å². The minimum Gasteiger partial charge on any atom is -0.381 e. The van der Waals surface area contributed by atoms with Crippen molar-refractivity contribution in [3.63, 3.8) is 0 Å². The lowest BCUT2D eigenvalue weighted by Gasteiger charge is -2.35. The Bertz CT molecular complexity index is 545. The molecule has 3 rings (SSSR count). The lowest BCUT2D eigenvalue weighted by Crippen LogP contribution is -2.44. The van der Waals surface area contributed by atoms with E-state index in [9.17, 15) is 4.79 Å². The van der Waals surface area contributed by atoms with E-state index in [1.165, 1.54) is 5.56 Å². The van der Waals surface area contributed by atoms with Gasteiger partial charge < -0.3 is 14.8 Å². The minimum atomic E-state index is 0.110. The van der Waals surface area contributed by atoms with Crippen molar-refractivity contribution in [1.82, 2.24) is 10.2 Å². The molecule has 1 aromatic rings. The molecule has 2 aliphatic rings. The lowest BCUT2D eigenvalue weighted by molar-refractivity contribution is -0.128. The van der Waals surface area contributed by atoms with Crippen LogP contribution in [-0.4, -0.2) is 49.3 Å². The van der Waals surface area contributed by atoms with Gasteiger partial charge in [-0.05, 0) is 37.8 Å². The number of hydrogen-bond acceptors (Lipinski definition) is 4. The van der Waals surface area contributed by atoms with Crippen LogP contribution in [-0.2, 0) is 27.4 Å². The van der Waals surface area contributed by atoms with Crippen LogP contribution in [0.25, 0.3) is 0 Å². The second-order valence-electron chi connectivity index (χ2n) is 7.37. The third-order valence-electron chi connectivity index (χ3n) is 4.98. The van der Waals surface area contributed by atoms with Gasteiger partial charge in [0.05, 0.1) is 12.2 Å². The van der Waals surface area contributed by atoms with E-state index in [-0.39, 0.29) is 11.8 Å². The Balaban J connectivity index is 1.46. The second-order valence-corrected chi connectivity index (χ2v) is 7.37. The maximum absolute atomic E-state index is 12.2. The fraction of sp³-hybridized carbons (Fsp3) is 0.650. The van der Waals surface area contributed by atoms with E-state index in [2.05, 4.69) is 48.3 Å². The fourth-order valence-corrected chi connectivity index (χ4v) is 3.73. The van der Waals surface area contributed by atoms with Crippen molar-refractivity contribution in [2.75, 3.05) is 26.3 Å². The summed E-state index contributed by atoms with van der Waals surface area (Å²) in [6, 6.07) is 8.57. The number of carbonyl (C=O) groups excluding carboxylic acids is 1. The molecule has 25 heavy (non-hydrogen) atoms. The van der Waals surface area contributed by atoms with Gasteiger partial charge in [0.1, 0.15) is 0 Å². The smallest absolute Gasteiger partial charge is 0.223 e. The number of rotatable bonds is 5. The SMILES string of the molecule is C[C@H]1CN(Cc2ccc(CNC(=O)C3CCOCC3)cc2)C[C@H](C)O1. The molecule has 0 saturated carbocycles. The molecule has 2 saturated heterocycles. The van der Waals surface area contributed by atoms with Crippen LogP contribution in [0, 0.1) is 5.92 Å². The van der Waals surface area contributed by atoms with Gasteiger partial charge in [0.2, 0.25) is 5.91 Å². The molecule has 0 spiro atoms. The maximum Gasteiger partial charge on any atom is 0.223 e. The molecule has 2 fully saturated rings. The summed E-state index contributed by atoms with van der Waals surface area (Å²) in [7, 11) is 0. The molecule has 0 aliphatic carbocycles. The van der Waals surface area contributed by atoms with Gasteiger partial charge in [-0.2, -0.15) is 0 Å². The molecule has 2 aliphatic heterocycles. The topological polar surface area (TPSA) is 50.8 Å². The number of hydrogen-bond donors (Lipinski definition) is 1. The largest absolute Gasteiger partial charge is 0.381 e. The highest BCUT2D eigenvalue weighted by molar-refractivity contribution is 5.78. The quantitative estimate of drug-likeness (QED) is 0.889. The van der Waals surface area contributed by atoms with Crippen LogP contribution in [0.1, 0.15) is 37.8 Å². The normalized spacial score (nSPS) is 25.7. The summed E-state index contributed by atoms with van der Waals surface area (Å²) in [6.45, 7) is 9.17. The van der Waals surface area contributed by atoms with Crippen LogP contribution in [0.15, 0.2) is 24.3 Å². The maximum atomic E-state index is 12.2. The van der Waals surface area contributed by atoms with Gasteiger partial charge in [0.15, 0.2) is 0 Å². The predicted molar refractivity (Wildman–Crippen MR) is 97.1 cm³/mol. The Morgan fingerprint density at radius 1 is 1.08 bits per heavy atom. The molecular formula is C20H30N2O3. The number of nitrogens with zero attached hydrogens (tertiary/aromatic N) is 1. The number of morpholine rings is 1. The Kier molecular flexibility index (Phi) is 6.45. The van der Waals surface area contributed by atoms with Crippen molar-refractivity contribution in [1.29, 1.82) is 0 Å². The van der Waals surface area contributed by atoms with Gasteiger partial charge in [-0.25, -0.2) is 0 Å². The monoisotopic (exact) mass is 346 g/mol. The standard InChI is InChI=1S/C20H30N2O3/c1-15-12-22(13-16(2)25-15)14-18-5-3-17(4-6-18)11-21-20(23)19-7-9-24-10-8-19/h3-6,15-16,19H,7-14H2,1-2H3,(H,21,23)/t15-,16-/m0/s1. The summed E-state index contributed by atoms with van der Waals surface area (Å²) in [5.41, 5.74) is 2.45. The van der Waals surface area contributed by atoms with Crippen molar-refractivity contribution >= 4 is 5.91 Å². The summed E-state index contributed by atoms with van der Waals surface area (Å²) in [5.74, 6) is 0.266. The Labute approximate surface area is 150 Å². The van der Waals surface area contributed by atoms with Gasteiger partial charge in [0, 0.05) is 45.3 Å². The van der Waals surface area contributed by atoms with Gasteiger partial charge in [-0.1, -0.05) is 24.3 Å². The lowest BCUT2D eigenvalue weighted by atomic mass is 9.99. The van der Waals surface area contributed by atoms with Crippen LogP contribution < -0.4 is 5.32 Å². The van der Waals surface area contributed by atoms with Gasteiger partial charge in [-0.15, -0.1) is 0 Å².